The van der Waals surface area contributed by atoms with Crippen LogP contribution in [-0.4, -0.2) is 61.7 Å². The average molecular weight is 476 g/mol. The predicted octanol–water partition coefficient (Wildman–Crippen LogP) is 2.30. The van der Waals surface area contributed by atoms with Crippen molar-refractivity contribution >= 4 is 10.0 Å². The van der Waals surface area contributed by atoms with Crippen molar-refractivity contribution in [2.24, 2.45) is 0 Å². The van der Waals surface area contributed by atoms with Crippen LogP contribution < -0.4 is 9.47 Å². The van der Waals surface area contributed by atoms with Crippen molar-refractivity contribution in [3.05, 3.63) is 71.9 Å². The summed E-state index contributed by atoms with van der Waals surface area (Å²) in [6, 6.07) is 16.0. The third kappa shape index (κ3) is 6.78. The molecule has 3 rings (SSSR count). The Morgan fingerprint density at radius 1 is 0.879 bits per heavy atom. The molecule has 10 heteroatoms. The lowest BCUT2D eigenvalue weighted by molar-refractivity contribution is 0.0852. The molecule has 0 saturated heterocycles. The van der Waals surface area contributed by atoms with Gasteiger partial charge >= 0.3 is 0 Å². The van der Waals surface area contributed by atoms with Crippen molar-refractivity contribution in [2.45, 2.75) is 24.7 Å². The molecule has 33 heavy (non-hydrogen) atoms. The third-order valence-electron chi connectivity index (χ3n) is 4.96. The van der Waals surface area contributed by atoms with Crippen LogP contribution >= 0.6 is 0 Å². The molecule has 9 nitrogen and oxygen atoms in total. The maximum Gasteiger partial charge on any atom is 0.262 e. The number of aromatic nitrogens is 2. The van der Waals surface area contributed by atoms with E-state index in [1.807, 2.05) is 24.3 Å². The Labute approximate surface area is 194 Å². The van der Waals surface area contributed by atoms with Crippen LogP contribution in [0.15, 0.2) is 65.8 Å². The minimum Gasteiger partial charge on any atom is -0.497 e. The zero-order valence-electron chi connectivity index (χ0n) is 18.8. The number of hydrogen-bond acceptors (Lipinski definition) is 7. The minimum atomic E-state index is -3.89. The largest absolute Gasteiger partial charge is 0.497 e. The third-order valence-corrected chi connectivity index (χ3v) is 6.64. The molecule has 0 saturated carbocycles. The smallest absolute Gasteiger partial charge is 0.262 e. The number of methoxy groups -OCH3 is 2. The van der Waals surface area contributed by atoms with E-state index < -0.39 is 10.0 Å². The van der Waals surface area contributed by atoms with E-state index in [0.717, 1.165) is 11.1 Å². The molecule has 0 aliphatic carbocycles. The van der Waals surface area contributed by atoms with Gasteiger partial charge in [0.05, 0.1) is 40.6 Å². The second kappa shape index (κ2) is 11.8. The highest BCUT2D eigenvalue weighted by Crippen LogP contribution is 2.22. The monoisotopic (exact) mass is 475 g/mol. The number of sulfonamides is 1. The van der Waals surface area contributed by atoms with Gasteiger partial charge in [-0.3, -0.25) is 4.68 Å². The molecule has 1 heterocycles. The number of nitrogens with zero attached hydrogens (tertiary/aromatic N) is 3. The Kier molecular flexibility index (Phi) is 8.84. The highest BCUT2D eigenvalue weighted by atomic mass is 32.2. The highest BCUT2D eigenvalue weighted by molar-refractivity contribution is 7.89. The van der Waals surface area contributed by atoms with Gasteiger partial charge in [0.2, 0.25) is 0 Å². The minimum absolute atomic E-state index is 0.0355. The van der Waals surface area contributed by atoms with Crippen molar-refractivity contribution in [1.29, 1.82) is 0 Å². The molecule has 0 atom stereocenters. The van der Waals surface area contributed by atoms with Crippen LogP contribution in [0.25, 0.3) is 0 Å². The van der Waals surface area contributed by atoms with Gasteiger partial charge < -0.3 is 19.3 Å². The van der Waals surface area contributed by atoms with Crippen molar-refractivity contribution < 1.29 is 27.7 Å². The lowest BCUT2D eigenvalue weighted by Crippen LogP contribution is -2.30. The quantitative estimate of drug-likeness (QED) is 0.378. The standard InChI is InChI=1S/C23H29N3O6S/c1-30-21-7-3-19(4-8-21)17-26(18-20-5-9-22(31-2)10-6-20)33(28,29)23-11-12-25(24-23)13-15-32-16-14-27/h3-12,27H,13-18H2,1-2H3. The summed E-state index contributed by atoms with van der Waals surface area (Å²) in [7, 11) is -0.717. The lowest BCUT2D eigenvalue weighted by atomic mass is 10.2. The van der Waals surface area contributed by atoms with Gasteiger partial charge in [0.15, 0.2) is 5.03 Å². The number of benzene rings is 2. The topological polar surface area (TPSA) is 103 Å². The van der Waals surface area contributed by atoms with Crippen LogP contribution in [0.4, 0.5) is 0 Å². The average Bonchev–Trinajstić information content (AvgIpc) is 3.32. The molecule has 0 aliphatic rings. The Bertz CT molecular complexity index is 1050. The molecule has 0 fully saturated rings. The summed E-state index contributed by atoms with van der Waals surface area (Å²) in [4.78, 5) is 0. The zero-order chi connectivity index (χ0) is 23.7. The number of rotatable bonds is 13. The molecule has 0 radical (unpaired) electrons. The Morgan fingerprint density at radius 3 is 1.91 bits per heavy atom. The number of hydrogen-bond donors (Lipinski definition) is 1. The van der Waals surface area contributed by atoms with E-state index >= 15 is 0 Å². The van der Waals surface area contributed by atoms with Gasteiger partial charge in [-0.1, -0.05) is 24.3 Å². The molecule has 1 aromatic heterocycles. The van der Waals surface area contributed by atoms with Crippen LogP contribution in [0.5, 0.6) is 11.5 Å². The number of aliphatic hydroxyl groups is 1. The first-order valence-electron chi connectivity index (χ1n) is 10.4. The molecule has 178 valence electrons. The van der Waals surface area contributed by atoms with Gasteiger partial charge in [-0.15, -0.1) is 0 Å². The van der Waals surface area contributed by atoms with E-state index in [1.54, 1.807) is 44.7 Å². The van der Waals surface area contributed by atoms with Gasteiger partial charge in [0, 0.05) is 19.3 Å². The van der Waals surface area contributed by atoms with E-state index in [1.165, 1.54) is 15.1 Å². The summed E-state index contributed by atoms with van der Waals surface area (Å²) in [5.74, 6) is 1.40. The summed E-state index contributed by atoms with van der Waals surface area (Å²) in [5, 5.41) is 13.0. The summed E-state index contributed by atoms with van der Waals surface area (Å²) in [5.41, 5.74) is 1.65. The summed E-state index contributed by atoms with van der Waals surface area (Å²) in [6.07, 6.45) is 1.61. The Morgan fingerprint density at radius 2 is 1.42 bits per heavy atom. The van der Waals surface area contributed by atoms with E-state index in [-0.39, 0.29) is 31.3 Å². The summed E-state index contributed by atoms with van der Waals surface area (Å²) >= 11 is 0. The van der Waals surface area contributed by atoms with Gasteiger partial charge in [-0.2, -0.15) is 9.40 Å². The van der Waals surface area contributed by atoms with E-state index in [4.69, 9.17) is 19.3 Å². The van der Waals surface area contributed by atoms with E-state index in [0.29, 0.717) is 24.7 Å². The summed E-state index contributed by atoms with van der Waals surface area (Å²) in [6.45, 7) is 1.21. The van der Waals surface area contributed by atoms with Gasteiger partial charge in [0.25, 0.3) is 10.0 Å². The van der Waals surface area contributed by atoms with Crippen LogP contribution in [-0.2, 0) is 34.4 Å². The zero-order valence-corrected chi connectivity index (χ0v) is 19.6. The maximum atomic E-state index is 13.5. The van der Waals surface area contributed by atoms with Gasteiger partial charge in [-0.25, -0.2) is 8.42 Å². The van der Waals surface area contributed by atoms with Gasteiger partial charge in [0.1, 0.15) is 11.5 Å². The Balaban J connectivity index is 1.83. The van der Waals surface area contributed by atoms with Crippen LogP contribution in [0.3, 0.4) is 0 Å². The summed E-state index contributed by atoms with van der Waals surface area (Å²) < 4.78 is 45.6. The molecule has 0 amide bonds. The fourth-order valence-corrected chi connectivity index (χ4v) is 4.50. The predicted molar refractivity (Wildman–Crippen MR) is 123 cm³/mol. The fourth-order valence-electron chi connectivity index (χ4n) is 3.16. The maximum absolute atomic E-state index is 13.5. The Hall–Kier alpha value is -2.92. The normalized spacial score (nSPS) is 11.6. The molecule has 2 aromatic carbocycles. The number of aliphatic hydroxyl groups excluding tert-OH is 1. The second-order valence-corrected chi connectivity index (χ2v) is 9.11. The molecule has 0 spiro atoms. The molecule has 0 bridgehead atoms. The highest BCUT2D eigenvalue weighted by Gasteiger charge is 2.27. The first-order chi connectivity index (χ1) is 16.0. The first-order valence-corrected chi connectivity index (χ1v) is 11.9. The van der Waals surface area contributed by atoms with Crippen molar-refractivity contribution in [3.8, 4) is 11.5 Å². The second-order valence-electron chi connectivity index (χ2n) is 7.22. The van der Waals surface area contributed by atoms with Gasteiger partial charge in [-0.05, 0) is 41.5 Å². The van der Waals surface area contributed by atoms with Crippen molar-refractivity contribution in [1.82, 2.24) is 14.1 Å². The molecular weight excluding hydrogens is 446 g/mol. The first kappa shape index (κ1) is 24.7. The van der Waals surface area contributed by atoms with Crippen molar-refractivity contribution in [3.63, 3.8) is 0 Å². The SMILES string of the molecule is COc1ccc(CN(Cc2ccc(OC)cc2)S(=O)(=O)c2ccn(CCOCCO)n2)cc1. The number of ether oxygens (including phenoxy) is 3. The van der Waals surface area contributed by atoms with Crippen LogP contribution in [0.2, 0.25) is 0 Å². The molecule has 1 N–H and O–H groups in total. The van der Waals surface area contributed by atoms with Crippen LogP contribution in [0.1, 0.15) is 11.1 Å². The molecule has 3 aromatic rings. The molecular formula is C23H29N3O6S. The lowest BCUT2D eigenvalue weighted by Gasteiger charge is -2.21. The van der Waals surface area contributed by atoms with E-state index in [2.05, 4.69) is 5.10 Å². The van der Waals surface area contributed by atoms with Crippen LogP contribution in [0, 0.1) is 0 Å². The van der Waals surface area contributed by atoms with E-state index in [9.17, 15) is 8.42 Å². The van der Waals surface area contributed by atoms with Crippen molar-refractivity contribution in [2.75, 3.05) is 34.0 Å². The molecule has 0 aliphatic heterocycles. The fraction of sp³-hybridized carbons (Fsp3) is 0.348. The molecule has 0 unspecified atom stereocenters.